The third-order valence-electron chi connectivity index (χ3n) is 2.51. The lowest BCUT2D eigenvalue weighted by molar-refractivity contribution is 0.0932. The lowest BCUT2D eigenvalue weighted by Crippen LogP contribution is -2.27. The van der Waals surface area contributed by atoms with E-state index in [-0.39, 0.29) is 5.91 Å². The molecular weight excluding hydrogens is 256 g/mol. The molecule has 0 spiro atoms. The lowest BCUT2D eigenvalue weighted by atomic mass is 10.3. The van der Waals surface area contributed by atoms with E-state index < -0.39 is 0 Å². The molecule has 1 heterocycles. The Morgan fingerprint density at radius 2 is 2.05 bits per heavy atom. The quantitative estimate of drug-likeness (QED) is 0.781. The van der Waals surface area contributed by atoms with Crippen molar-refractivity contribution in [3.05, 3.63) is 48.3 Å². The van der Waals surface area contributed by atoms with Crippen molar-refractivity contribution in [1.82, 2.24) is 15.3 Å². The van der Waals surface area contributed by atoms with E-state index in [1.54, 1.807) is 19.4 Å². The van der Waals surface area contributed by atoms with E-state index >= 15 is 0 Å². The number of hydrogen-bond donors (Lipinski definition) is 2. The van der Waals surface area contributed by atoms with Gasteiger partial charge >= 0.3 is 0 Å². The van der Waals surface area contributed by atoms with Gasteiger partial charge in [-0.2, -0.15) is 0 Å². The van der Waals surface area contributed by atoms with Gasteiger partial charge in [-0.05, 0) is 18.2 Å². The van der Waals surface area contributed by atoms with Crippen molar-refractivity contribution < 1.29 is 9.53 Å². The molecule has 0 bridgehead atoms. The zero-order valence-electron chi connectivity index (χ0n) is 11.2. The minimum absolute atomic E-state index is 0.249. The number of methoxy groups -OCH3 is 1. The molecule has 0 aliphatic rings. The molecule has 6 nitrogen and oxygen atoms in total. The SMILES string of the molecule is COCCNC(=O)c1ccnc(Nc2ccccc2)n1. The maximum absolute atomic E-state index is 11.8. The Balaban J connectivity index is 2.02. The first kappa shape index (κ1) is 14.0. The highest BCUT2D eigenvalue weighted by atomic mass is 16.5. The second-order valence-electron chi connectivity index (χ2n) is 4.01. The fourth-order valence-corrected chi connectivity index (χ4v) is 1.55. The van der Waals surface area contributed by atoms with E-state index in [9.17, 15) is 4.79 Å². The van der Waals surface area contributed by atoms with Crippen LogP contribution in [0.4, 0.5) is 11.6 Å². The molecule has 2 N–H and O–H groups in total. The molecule has 0 aliphatic heterocycles. The van der Waals surface area contributed by atoms with Crippen molar-refractivity contribution in [2.45, 2.75) is 0 Å². The summed E-state index contributed by atoms with van der Waals surface area (Å²) in [5, 5.41) is 5.75. The fraction of sp³-hybridized carbons (Fsp3) is 0.214. The molecule has 1 aromatic carbocycles. The predicted octanol–water partition coefficient (Wildman–Crippen LogP) is 1.60. The number of carbonyl (C=O) groups excluding carboxylic acids is 1. The zero-order valence-corrected chi connectivity index (χ0v) is 11.2. The van der Waals surface area contributed by atoms with Gasteiger partial charge in [0.25, 0.3) is 5.91 Å². The van der Waals surface area contributed by atoms with Crippen LogP contribution in [0.15, 0.2) is 42.6 Å². The van der Waals surface area contributed by atoms with Crippen LogP contribution in [-0.4, -0.2) is 36.1 Å². The van der Waals surface area contributed by atoms with Crippen LogP contribution in [-0.2, 0) is 4.74 Å². The Bertz CT molecular complexity index is 560. The number of rotatable bonds is 6. The van der Waals surface area contributed by atoms with E-state index in [0.717, 1.165) is 5.69 Å². The molecule has 20 heavy (non-hydrogen) atoms. The normalized spacial score (nSPS) is 10.1. The lowest BCUT2D eigenvalue weighted by Gasteiger charge is -2.07. The Labute approximate surface area is 117 Å². The standard InChI is InChI=1S/C14H16N4O2/c1-20-10-9-15-13(19)12-7-8-16-14(18-12)17-11-5-3-2-4-6-11/h2-8H,9-10H2,1H3,(H,15,19)(H,16,17,18). The van der Waals surface area contributed by atoms with Gasteiger partial charge in [-0.1, -0.05) is 18.2 Å². The van der Waals surface area contributed by atoms with Crippen LogP contribution in [0.3, 0.4) is 0 Å². The van der Waals surface area contributed by atoms with Gasteiger partial charge in [-0.15, -0.1) is 0 Å². The van der Waals surface area contributed by atoms with Gasteiger partial charge in [-0.25, -0.2) is 9.97 Å². The monoisotopic (exact) mass is 272 g/mol. The first-order valence-electron chi connectivity index (χ1n) is 6.22. The third-order valence-corrected chi connectivity index (χ3v) is 2.51. The van der Waals surface area contributed by atoms with Gasteiger partial charge < -0.3 is 15.4 Å². The number of para-hydroxylation sites is 1. The average Bonchev–Trinajstić information content (AvgIpc) is 2.49. The molecule has 1 aromatic heterocycles. The van der Waals surface area contributed by atoms with Crippen LogP contribution in [0, 0.1) is 0 Å². The highest BCUT2D eigenvalue weighted by molar-refractivity contribution is 5.92. The average molecular weight is 272 g/mol. The molecule has 0 aliphatic carbocycles. The number of carbonyl (C=O) groups is 1. The summed E-state index contributed by atoms with van der Waals surface area (Å²) >= 11 is 0. The minimum atomic E-state index is -0.249. The number of benzene rings is 1. The smallest absolute Gasteiger partial charge is 0.270 e. The minimum Gasteiger partial charge on any atom is -0.383 e. The number of amides is 1. The van der Waals surface area contributed by atoms with Crippen LogP contribution < -0.4 is 10.6 Å². The number of anilines is 2. The molecule has 0 saturated carbocycles. The predicted molar refractivity (Wildman–Crippen MR) is 76.0 cm³/mol. The Hall–Kier alpha value is -2.47. The highest BCUT2D eigenvalue weighted by Crippen LogP contribution is 2.11. The fourth-order valence-electron chi connectivity index (χ4n) is 1.55. The molecule has 0 fully saturated rings. The van der Waals surface area contributed by atoms with Crippen molar-refractivity contribution >= 4 is 17.5 Å². The summed E-state index contributed by atoms with van der Waals surface area (Å²) in [6.07, 6.45) is 1.55. The Kier molecular flexibility index (Phi) is 5.02. The molecule has 1 amide bonds. The molecule has 0 saturated heterocycles. The summed E-state index contributed by atoms with van der Waals surface area (Å²) in [6, 6.07) is 11.1. The summed E-state index contributed by atoms with van der Waals surface area (Å²) in [5.41, 5.74) is 1.18. The van der Waals surface area contributed by atoms with Crippen LogP contribution in [0.2, 0.25) is 0 Å². The van der Waals surface area contributed by atoms with Gasteiger partial charge in [0.1, 0.15) is 5.69 Å². The number of hydrogen-bond acceptors (Lipinski definition) is 5. The molecule has 0 atom stereocenters. The molecule has 2 rings (SSSR count). The van der Waals surface area contributed by atoms with Gasteiger partial charge in [0.2, 0.25) is 5.95 Å². The summed E-state index contributed by atoms with van der Waals surface area (Å²) in [4.78, 5) is 20.1. The van der Waals surface area contributed by atoms with E-state index in [4.69, 9.17) is 4.74 Å². The van der Waals surface area contributed by atoms with Crippen LogP contribution in [0.25, 0.3) is 0 Å². The molecule has 0 radical (unpaired) electrons. The van der Waals surface area contributed by atoms with Crippen molar-refractivity contribution in [2.75, 3.05) is 25.6 Å². The second kappa shape index (κ2) is 7.20. The van der Waals surface area contributed by atoms with Crippen molar-refractivity contribution in [3.8, 4) is 0 Å². The highest BCUT2D eigenvalue weighted by Gasteiger charge is 2.08. The number of ether oxygens (including phenoxy) is 1. The number of nitrogens with one attached hydrogen (secondary N) is 2. The van der Waals surface area contributed by atoms with Gasteiger partial charge in [0.05, 0.1) is 6.61 Å². The molecular formula is C14H16N4O2. The summed E-state index contributed by atoms with van der Waals surface area (Å²) < 4.78 is 4.87. The maximum atomic E-state index is 11.8. The maximum Gasteiger partial charge on any atom is 0.270 e. The van der Waals surface area contributed by atoms with Crippen LogP contribution in [0.1, 0.15) is 10.5 Å². The van der Waals surface area contributed by atoms with Crippen LogP contribution >= 0.6 is 0 Å². The van der Waals surface area contributed by atoms with Crippen molar-refractivity contribution in [1.29, 1.82) is 0 Å². The van der Waals surface area contributed by atoms with Gasteiger partial charge in [-0.3, -0.25) is 4.79 Å². The van der Waals surface area contributed by atoms with E-state index in [2.05, 4.69) is 20.6 Å². The topological polar surface area (TPSA) is 76.1 Å². The molecule has 6 heteroatoms. The zero-order chi connectivity index (χ0) is 14.2. The second-order valence-corrected chi connectivity index (χ2v) is 4.01. The van der Waals surface area contributed by atoms with Crippen molar-refractivity contribution in [2.24, 2.45) is 0 Å². The number of aromatic nitrogens is 2. The number of nitrogens with zero attached hydrogens (tertiary/aromatic N) is 2. The first-order valence-corrected chi connectivity index (χ1v) is 6.22. The van der Waals surface area contributed by atoms with Crippen molar-refractivity contribution in [3.63, 3.8) is 0 Å². The first-order chi connectivity index (χ1) is 9.79. The Morgan fingerprint density at radius 3 is 2.80 bits per heavy atom. The summed E-state index contributed by atoms with van der Waals surface area (Å²) in [5.74, 6) is 0.135. The van der Waals surface area contributed by atoms with E-state index in [1.807, 2.05) is 30.3 Å². The summed E-state index contributed by atoms with van der Waals surface area (Å²) in [7, 11) is 1.58. The molecule has 0 unspecified atom stereocenters. The van der Waals surface area contributed by atoms with Gasteiger partial charge in [0.15, 0.2) is 0 Å². The third kappa shape index (κ3) is 4.03. The molecule has 104 valence electrons. The van der Waals surface area contributed by atoms with E-state index in [0.29, 0.717) is 24.8 Å². The van der Waals surface area contributed by atoms with Gasteiger partial charge in [0, 0.05) is 25.5 Å². The summed E-state index contributed by atoms with van der Waals surface area (Å²) in [6.45, 7) is 0.909. The van der Waals surface area contributed by atoms with E-state index in [1.165, 1.54) is 0 Å². The molecule has 2 aromatic rings. The largest absolute Gasteiger partial charge is 0.383 e. The Morgan fingerprint density at radius 1 is 1.25 bits per heavy atom. The van der Waals surface area contributed by atoms with Crippen LogP contribution in [0.5, 0.6) is 0 Å².